The van der Waals surface area contributed by atoms with Crippen LogP contribution in [0.4, 0.5) is 0 Å². The third-order valence-corrected chi connectivity index (χ3v) is 15.9. The number of carbonyl (C=O) groups is 14. The number of benzene rings is 1. The lowest BCUT2D eigenvalue weighted by molar-refractivity contribution is -0.142. The van der Waals surface area contributed by atoms with Gasteiger partial charge in [-0.2, -0.15) is 0 Å². The number of nitrogens with two attached hydrogens (primary N) is 6. The van der Waals surface area contributed by atoms with Crippen LogP contribution in [-0.4, -0.2) is 226 Å². The topological polar surface area (TPSA) is 612 Å². The fourth-order valence-corrected chi connectivity index (χ4v) is 10.7. The molecule has 1 fully saturated rings. The third-order valence-electron chi connectivity index (χ3n) is 15.9. The monoisotopic (exact) mass is 1420 g/mol. The van der Waals surface area contributed by atoms with E-state index in [1.54, 1.807) is 58.0 Å². The SMILES string of the molecule is CC(C)C[C@H](NC(=O)CNC(=O)[C@H](Cc1cnc[nH]1)NC(=O)[C@H](CC(C)C)NC(=O)[C@H](CC(N)=O)NC(=O)[C@@H]1CCCN1C(=O)CNC(=O)[C@@H](NC(=O)[C@@H](N)CCCCN)[C@@H](C)O)C(=O)N[C@@H](Cc1ccccc1)C(=O)NCC(=O)N[C@@H](CCCN=C(N)N)C(=O)N[C@@H](CCCCN)C(=O)O. The smallest absolute Gasteiger partial charge is 0.326 e. The number of guanidine groups is 1. The Morgan fingerprint density at radius 1 is 0.584 bits per heavy atom. The van der Waals surface area contributed by atoms with Gasteiger partial charge < -0.3 is 113 Å². The average molecular weight is 1420 g/mol. The molecule has 0 bridgehead atoms. The molecule has 1 aromatic carbocycles. The van der Waals surface area contributed by atoms with Crippen LogP contribution < -0.4 is 92.9 Å². The number of aliphatic hydroxyl groups excluding tert-OH is 1. The van der Waals surface area contributed by atoms with Crippen LogP contribution in [-0.2, 0) is 80.0 Å². The van der Waals surface area contributed by atoms with Crippen molar-refractivity contribution >= 4 is 88.7 Å². The number of aromatic amines is 1. The highest BCUT2D eigenvalue weighted by Crippen LogP contribution is 2.19. The largest absolute Gasteiger partial charge is 0.480 e. The standard InChI is InChI=1S/C64H105N21O16/c1-35(2)25-43(58(95)81-45(27-38-15-7-6-8-16-38)55(92)73-31-50(88)77-41(19-13-23-72-64(69)70)57(94)79-42(63(100)101)18-10-12-22-66)78-51(89)32-74-56(93)46(28-39-30-71-34-76-39)82-59(96)44(26-36(3)4)80-60(97)47(29-49(68)87)83-61(98)48-20-14-24-85(48)52(90)33-75-62(99)53(37(5)86)84-54(91)40(67)17-9-11-21-65/h6-8,15-16,30,34-37,40-48,53,86H,9-14,17-29,31-33,65-67H2,1-5H3,(H2,68,87)(H,71,76)(H,73,92)(H,74,93)(H,75,99)(H,77,88)(H,78,89)(H,79,94)(H,80,97)(H,81,95)(H,82,96)(H,83,98)(H,84,91)(H,100,101)(H4,69,70,72)/t37-,40+,41+,42+,43+,44+,45+,46+,47+,48+,53+/m1/s1. The summed E-state index contributed by atoms with van der Waals surface area (Å²) in [5.41, 5.74) is 34.4. The van der Waals surface area contributed by atoms with E-state index in [9.17, 15) is 77.3 Å². The van der Waals surface area contributed by atoms with E-state index in [4.69, 9.17) is 34.4 Å². The maximum Gasteiger partial charge on any atom is 0.326 e. The lowest BCUT2D eigenvalue weighted by Crippen LogP contribution is -2.60. The van der Waals surface area contributed by atoms with Crippen LogP contribution in [0.15, 0.2) is 47.8 Å². The summed E-state index contributed by atoms with van der Waals surface area (Å²) in [6.45, 7) is 6.90. The van der Waals surface area contributed by atoms with Gasteiger partial charge in [-0.05, 0) is 108 Å². The second-order valence-electron chi connectivity index (χ2n) is 25.5. The van der Waals surface area contributed by atoms with Crippen molar-refractivity contribution in [1.29, 1.82) is 0 Å². The molecule has 2 heterocycles. The van der Waals surface area contributed by atoms with E-state index in [0.717, 1.165) is 4.90 Å². The van der Waals surface area contributed by atoms with E-state index >= 15 is 0 Å². The molecule has 0 spiro atoms. The van der Waals surface area contributed by atoms with Crippen LogP contribution in [0.5, 0.6) is 0 Å². The van der Waals surface area contributed by atoms with E-state index < -0.39 is 175 Å². The van der Waals surface area contributed by atoms with Gasteiger partial charge in [-0.1, -0.05) is 64.4 Å². The van der Waals surface area contributed by atoms with Crippen LogP contribution in [0.2, 0.25) is 0 Å². The number of amides is 13. The number of rotatable bonds is 47. The number of likely N-dealkylation sites (tertiary alicyclic amines) is 1. The maximum atomic E-state index is 14.3. The number of nitrogens with zero attached hydrogens (tertiary/aromatic N) is 3. The van der Waals surface area contributed by atoms with Crippen LogP contribution in [0.3, 0.4) is 0 Å². The van der Waals surface area contributed by atoms with E-state index in [0.29, 0.717) is 56.5 Å². The van der Waals surface area contributed by atoms with Gasteiger partial charge in [0.25, 0.3) is 0 Å². The Bertz CT molecular complexity index is 3100. The van der Waals surface area contributed by atoms with Crippen LogP contribution in [0.25, 0.3) is 0 Å². The normalized spacial score (nSPS) is 15.6. The molecule has 101 heavy (non-hydrogen) atoms. The van der Waals surface area contributed by atoms with Gasteiger partial charge in [-0.3, -0.25) is 67.3 Å². The molecule has 0 aliphatic carbocycles. The molecule has 3 rings (SSSR count). The summed E-state index contributed by atoms with van der Waals surface area (Å²) in [4.78, 5) is 201. The zero-order valence-electron chi connectivity index (χ0n) is 58.0. The number of imidazole rings is 1. The Hall–Kier alpha value is -9.88. The zero-order chi connectivity index (χ0) is 75.3. The first-order chi connectivity index (χ1) is 47.8. The van der Waals surface area contributed by atoms with E-state index in [1.165, 1.54) is 19.4 Å². The molecule has 0 unspecified atom stereocenters. The predicted octanol–water partition coefficient (Wildman–Crippen LogP) is -6.52. The van der Waals surface area contributed by atoms with Gasteiger partial charge >= 0.3 is 5.97 Å². The van der Waals surface area contributed by atoms with Crippen LogP contribution in [0, 0.1) is 11.8 Å². The van der Waals surface area contributed by atoms with Crippen LogP contribution >= 0.6 is 0 Å². The minimum Gasteiger partial charge on any atom is -0.480 e. The first kappa shape index (κ1) is 85.3. The number of hydrogen-bond acceptors (Lipinski definition) is 20. The summed E-state index contributed by atoms with van der Waals surface area (Å²) in [6.07, 6.45) is 3.07. The number of unbranched alkanes of at least 4 members (excludes halogenated alkanes) is 2. The van der Waals surface area contributed by atoms with Crippen LogP contribution in [0.1, 0.15) is 129 Å². The molecule has 1 aliphatic heterocycles. The molecule has 37 nitrogen and oxygen atoms in total. The fraction of sp³-hybridized carbons (Fsp3) is 0.625. The van der Waals surface area contributed by atoms with Gasteiger partial charge in [0.2, 0.25) is 76.8 Å². The highest BCUT2D eigenvalue weighted by molar-refractivity contribution is 6.00. The molecule has 1 aliphatic rings. The highest BCUT2D eigenvalue weighted by atomic mass is 16.4. The summed E-state index contributed by atoms with van der Waals surface area (Å²) in [5, 5.41) is 47.7. The highest BCUT2D eigenvalue weighted by Gasteiger charge is 2.39. The lowest BCUT2D eigenvalue weighted by Gasteiger charge is -2.28. The Balaban J connectivity index is 1.76. The molecular formula is C64H105N21O16. The van der Waals surface area contributed by atoms with Crippen molar-refractivity contribution in [2.24, 2.45) is 51.2 Å². The minimum atomic E-state index is -1.70. The van der Waals surface area contributed by atoms with Crippen molar-refractivity contribution in [1.82, 2.24) is 73.4 Å². The molecule has 26 N–H and O–H groups in total. The van der Waals surface area contributed by atoms with Gasteiger partial charge in [-0.25, -0.2) is 9.78 Å². The molecule has 562 valence electrons. The predicted molar refractivity (Wildman–Crippen MR) is 367 cm³/mol. The summed E-state index contributed by atoms with van der Waals surface area (Å²) in [5.74, 6) is -13.4. The second-order valence-corrected chi connectivity index (χ2v) is 25.5. The number of aliphatic imine (C=N–C) groups is 1. The second kappa shape index (κ2) is 45.0. The summed E-state index contributed by atoms with van der Waals surface area (Å²) in [7, 11) is 0. The van der Waals surface area contributed by atoms with Gasteiger partial charge in [0.15, 0.2) is 5.96 Å². The van der Waals surface area contributed by atoms with Crippen molar-refractivity contribution in [3.8, 4) is 0 Å². The molecule has 0 radical (unpaired) electrons. The maximum absolute atomic E-state index is 14.3. The molecule has 1 aromatic heterocycles. The Morgan fingerprint density at radius 3 is 1.63 bits per heavy atom. The molecule has 1 saturated heterocycles. The summed E-state index contributed by atoms with van der Waals surface area (Å²) < 4.78 is 0. The van der Waals surface area contributed by atoms with Crippen molar-refractivity contribution < 1.29 is 77.3 Å². The summed E-state index contributed by atoms with van der Waals surface area (Å²) in [6, 6.07) is -5.08. The number of primary amides is 1. The number of carboxylic acids is 1. The van der Waals surface area contributed by atoms with Gasteiger partial charge in [-0.15, -0.1) is 0 Å². The number of hydrogen-bond donors (Lipinski definition) is 20. The number of aliphatic hydroxyl groups is 1. The summed E-state index contributed by atoms with van der Waals surface area (Å²) >= 11 is 0. The number of nitrogens with one attached hydrogen (secondary N) is 12. The first-order valence-corrected chi connectivity index (χ1v) is 33.8. The number of H-pyrrole nitrogens is 1. The van der Waals surface area contributed by atoms with Gasteiger partial charge in [0.1, 0.15) is 54.4 Å². The van der Waals surface area contributed by atoms with Crippen molar-refractivity contribution in [2.75, 3.05) is 45.8 Å². The van der Waals surface area contributed by atoms with E-state index in [2.05, 4.69) is 73.4 Å². The third kappa shape index (κ3) is 32.3. The number of carboxylic acid groups (broad SMARTS) is 1. The Labute approximate surface area is 586 Å². The molecule has 11 atom stereocenters. The minimum absolute atomic E-state index is 0.0194. The molecular weight excluding hydrogens is 1320 g/mol. The van der Waals surface area contributed by atoms with Crippen molar-refractivity contribution in [2.45, 2.75) is 197 Å². The molecule has 37 heteroatoms. The lowest BCUT2D eigenvalue weighted by atomic mass is 10.0. The molecule has 13 amide bonds. The van der Waals surface area contributed by atoms with E-state index in [-0.39, 0.29) is 88.7 Å². The average Bonchev–Trinajstić information content (AvgIpc) is 1.71. The first-order valence-electron chi connectivity index (χ1n) is 33.8. The van der Waals surface area contributed by atoms with Crippen molar-refractivity contribution in [3.05, 3.63) is 54.1 Å². The molecule has 0 saturated carbocycles. The number of carbonyl (C=O) groups excluding carboxylic acids is 13. The van der Waals surface area contributed by atoms with E-state index in [1.807, 2.05) is 0 Å². The Morgan fingerprint density at radius 2 is 1.10 bits per heavy atom. The van der Waals surface area contributed by atoms with Gasteiger partial charge in [0, 0.05) is 37.8 Å². The number of aliphatic carboxylic acids is 1. The van der Waals surface area contributed by atoms with Gasteiger partial charge in [0.05, 0.1) is 44.5 Å². The number of aromatic nitrogens is 2. The zero-order valence-corrected chi connectivity index (χ0v) is 58.0. The Kier molecular flexibility index (Phi) is 38.0. The van der Waals surface area contributed by atoms with Crippen molar-refractivity contribution in [3.63, 3.8) is 0 Å². The quantitative estimate of drug-likeness (QED) is 0.0166. The fourth-order valence-electron chi connectivity index (χ4n) is 10.7. The molecule has 2 aromatic rings.